The summed E-state index contributed by atoms with van der Waals surface area (Å²) < 4.78 is 3.11. The molecule has 0 atom stereocenters. The number of hydrogen-bond acceptors (Lipinski definition) is 4. The molecule has 2 aromatic heterocycles. The lowest BCUT2D eigenvalue weighted by Gasteiger charge is -2.16. The number of rotatable bonds is 7. The predicted octanol–water partition coefficient (Wildman–Crippen LogP) is 4.08. The second-order valence-corrected chi connectivity index (χ2v) is 8.83. The van der Waals surface area contributed by atoms with Gasteiger partial charge in [-0.2, -0.15) is 9.50 Å². The minimum absolute atomic E-state index is 0.0240. The molecule has 5 aromatic rings. The van der Waals surface area contributed by atoms with Crippen LogP contribution in [-0.4, -0.2) is 25.1 Å². The minimum atomic E-state index is -0.224. The number of amides is 1. The van der Waals surface area contributed by atoms with Gasteiger partial charge in [-0.25, -0.2) is 0 Å². The zero-order valence-corrected chi connectivity index (χ0v) is 20.3. The molecule has 0 aliphatic carbocycles. The van der Waals surface area contributed by atoms with Gasteiger partial charge in [0, 0.05) is 29.8 Å². The second-order valence-electron chi connectivity index (χ2n) is 8.83. The van der Waals surface area contributed by atoms with E-state index in [0.717, 1.165) is 22.3 Å². The van der Waals surface area contributed by atoms with E-state index in [1.54, 1.807) is 4.57 Å². The number of carbonyl (C=O) groups is 1. The third-order valence-electron chi connectivity index (χ3n) is 6.42. The molecular weight excluding hydrogens is 450 g/mol. The van der Waals surface area contributed by atoms with Crippen LogP contribution in [0.4, 0.5) is 0 Å². The van der Waals surface area contributed by atoms with Crippen LogP contribution in [0.15, 0.2) is 89.7 Å². The maximum absolute atomic E-state index is 13.5. The number of benzene rings is 3. The third kappa shape index (κ3) is 4.68. The Morgan fingerprint density at radius 1 is 0.889 bits per heavy atom. The summed E-state index contributed by atoms with van der Waals surface area (Å²) in [5.41, 5.74) is 5.06. The van der Waals surface area contributed by atoms with Gasteiger partial charge >= 0.3 is 0 Å². The molecule has 7 nitrogen and oxygen atoms in total. The van der Waals surface area contributed by atoms with Crippen LogP contribution in [0, 0.1) is 13.8 Å². The summed E-state index contributed by atoms with van der Waals surface area (Å²) in [5, 5.41) is 7.55. The van der Waals surface area contributed by atoms with E-state index in [0.29, 0.717) is 35.8 Å². The van der Waals surface area contributed by atoms with E-state index in [-0.39, 0.29) is 18.0 Å². The molecule has 0 saturated heterocycles. The molecule has 3 aromatic carbocycles. The first-order valence-corrected chi connectivity index (χ1v) is 11.9. The van der Waals surface area contributed by atoms with E-state index in [1.165, 1.54) is 4.52 Å². The first-order valence-electron chi connectivity index (χ1n) is 11.9. The molecule has 36 heavy (non-hydrogen) atoms. The Bertz CT molecular complexity index is 1590. The summed E-state index contributed by atoms with van der Waals surface area (Å²) in [6, 6.07) is 27.3. The van der Waals surface area contributed by atoms with Crippen molar-refractivity contribution in [3.05, 3.63) is 123 Å². The Hall–Kier alpha value is -4.52. The molecule has 180 valence electrons. The molecule has 0 aliphatic rings. The Kier molecular flexibility index (Phi) is 6.45. The number of nitrogens with one attached hydrogen (secondary N) is 1. The fourth-order valence-electron chi connectivity index (χ4n) is 4.31. The summed E-state index contributed by atoms with van der Waals surface area (Å²) in [7, 11) is 0. The zero-order chi connectivity index (χ0) is 25.1. The van der Waals surface area contributed by atoms with Gasteiger partial charge < -0.3 is 9.88 Å². The maximum atomic E-state index is 13.5. The number of aryl methyl sites for hydroxylation is 1. The van der Waals surface area contributed by atoms with Gasteiger partial charge in [0.15, 0.2) is 5.82 Å². The Labute approximate surface area is 209 Å². The summed E-state index contributed by atoms with van der Waals surface area (Å²) in [5.74, 6) is 0.624. The van der Waals surface area contributed by atoms with Gasteiger partial charge in [0.1, 0.15) is 6.54 Å². The van der Waals surface area contributed by atoms with Crippen molar-refractivity contribution >= 4 is 11.7 Å². The zero-order valence-electron chi connectivity index (χ0n) is 20.3. The average molecular weight is 478 g/mol. The van der Waals surface area contributed by atoms with Gasteiger partial charge in [-0.05, 0) is 30.5 Å². The standard InChI is InChI=1S/C29H27N5O2/c1-20-11-9-10-16-24(20)18-30-26(35)19-33-21(2)25(17-22-12-5-3-6-13-22)28(36)34-29(33)31-27(32-34)23-14-7-4-8-15-23/h3-16H,17-19H2,1-2H3,(H,30,35). The Morgan fingerprint density at radius 2 is 1.56 bits per heavy atom. The van der Waals surface area contributed by atoms with Crippen LogP contribution in [0.5, 0.6) is 0 Å². The van der Waals surface area contributed by atoms with Gasteiger partial charge in [-0.3, -0.25) is 9.59 Å². The van der Waals surface area contributed by atoms with Gasteiger partial charge in [0.05, 0.1) is 0 Å². The van der Waals surface area contributed by atoms with Crippen LogP contribution >= 0.6 is 0 Å². The van der Waals surface area contributed by atoms with Crippen LogP contribution in [0.25, 0.3) is 17.2 Å². The molecular formula is C29H27N5O2. The molecule has 5 rings (SSSR count). The highest BCUT2D eigenvalue weighted by molar-refractivity contribution is 5.76. The van der Waals surface area contributed by atoms with E-state index in [4.69, 9.17) is 0 Å². The van der Waals surface area contributed by atoms with Crippen molar-refractivity contribution in [1.82, 2.24) is 24.5 Å². The largest absolute Gasteiger partial charge is 0.350 e. The summed E-state index contributed by atoms with van der Waals surface area (Å²) in [6.07, 6.45) is 0.437. The molecule has 0 bridgehead atoms. The maximum Gasteiger partial charge on any atom is 0.279 e. The molecule has 0 radical (unpaired) electrons. The molecule has 0 fully saturated rings. The van der Waals surface area contributed by atoms with Crippen LogP contribution < -0.4 is 10.9 Å². The first kappa shape index (κ1) is 23.2. The van der Waals surface area contributed by atoms with E-state index >= 15 is 0 Å². The highest BCUT2D eigenvalue weighted by Crippen LogP contribution is 2.18. The lowest BCUT2D eigenvalue weighted by molar-refractivity contribution is -0.121. The van der Waals surface area contributed by atoms with Crippen molar-refractivity contribution in [1.29, 1.82) is 0 Å². The van der Waals surface area contributed by atoms with Crippen molar-refractivity contribution in [3.8, 4) is 11.4 Å². The fourth-order valence-corrected chi connectivity index (χ4v) is 4.31. The van der Waals surface area contributed by atoms with E-state index in [9.17, 15) is 9.59 Å². The van der Waals surface area contributed by atoms with Crippen molar-refractivity contribution in [2.45, 2.75) is 33.4 Å². The van der Waals surface area contributed by atoms with Crippen molar-refractivity contribution in [3.63, 3.8) is 0 Å². The highest BCUT2D eigenvalue weighted by Gasteiger charge is 2.20. The van der Waals surface area contributed by atoms with Crippen LogP contribution in [0.3, 0.4) is 0 Å². The number of hydrogen-bond donors (Lipinski definition) is 1. The topological polar surface area (TPSA) is 81.3 Å². The molecule has 1 amide bonds. The first-order chi connectivity index (χ1) is 17.5. The number of nitrogens with zero attached hydrogens (tertiary/aromatic N) is 4. The average Bonchev–Trinajstić information content (AvgIpc) is 3.35. The van der Waals surface area contributed by atoms with Crippen molar-refractivity contribution < 1.29 is 4.79 Å². The Balaban J connectivity index is 1.55. The Morgan fingerprint density at radius 3 is 2.28 bits per heavy atom. The van der Waals surface area contributed by atoms with Gasteiger partial charge in [-0.15, -0.1) is 5.10 Å². The summed E-state index contributed by atoms with van der Waals surface area (Å²) in [6.45, 7) is 4.34. The minimum Gasteiger partial charge on any atom is -0.350 e. The smallest absolute Gasteiger partial charge is 0.279 e. The van der Waals surface area contributed by atoms with Crippen molar-refractivity contribution in [2.75, 3.05) is 0 Å². The monoisotopic (exact) mass is 477 g/mol. The van der Waals surface area contributed by atoms with E-state index in [1.807, 2.05) is 98.8 Å². The number of fused-ring (bicyclic) bond motifs is 1. The van der Waals surface area contributed by atoms with E-state index < -0.39 is 0 Å². The van der Waals surface area contributed by atoms with Gasteiger partial charge in [-0.1, -0.05) is 84.9 Å². The quantitative estimate of drug-likeness (QED) is 0.383. The molecule has 0 spiro atoms. The molecule has 1 N–H and O–H groups in total. The number of carbonyl (C=O) groups excluding carboxylic acids is 1. The van der Waals surface area contributed by atoms with Crippen LogP contribution in [0.1, 0.15) is 27.9 Å². The molecule has 0 saturated carbocycles. The molecule has 0 unspecified atom stereocenters. The van der Waals surface area contributed by atoms with Crippen molar-refractivity contribution in [2.24, 2.45) is 0 Å². The fraction of sp³-hybridized carbons (Fsp3) is 0.172. The molecule has 0 aliphatic heterocycles. The lowest BCUT2D eigenvalue weighted by Crippen LogP contribution is -2.32. The molecule has 2 heterocycles. The van der Waals surface area contributed by atoms with Crippen LogP contribution in [0.2, 0.25) is 0 Å². The summed E-state index contributed by atoms with van der Waals surface area (Å²) >= 11 is 0. The number of aromatic nitrogens is 4. The third-order valence-corrected chi connectivity index (χ3v) is 6.42. The SMILES string of the molecule is Cc1ccccc1CNC(=O)Cn1c(C)c(Cc2ccccc2)c(=O)n2nc(-c3ccccc3)nc12. The predicted molar refractivity (Wildman–Crippen MR) is 140 cm³/mol. The van der Waals surface area contributed by atoms with Gasteiger partial charge in [0.2, 0.25) is 11.7 Å². The summed E-state index contributed by atoms with van der Waals surface area (Å²) in [4.78, 5) is 31.3. The van der Waals surface area contributed by atoms with Gasteiger partial charge in [0.25, 0.3) is 5.56 Å². The van der Waals surface area contributed by atoms with E-state index in [2.05, 4.69) is 15.4 Å². The van der Waals surface area contributed by atoms with Crippen LogP contribution in [-0.2, 0) is 24.3 Å². The second kappa shape index (κ2) is 10.00. The normalized spacial score (nSPS) is 11.1. The lowest BCUT2D eigenvalue weighted by atomic mass is 10.0. The highest BCUT2D eigenvalue weighted by atomic mass is 16.2. The molecule has 7 heteroatoms.